The van der Waals surface area contributed by atoms with E-state index in [1.54, 1.807) is 13.8 Å². The molecule has 0 spiro atoms. The first-order valence-corrected chi connectivity index (χ1v) is 8.10. The van der Waals surface area contributed by atoms with Crippen molar-refractivity contribution < 1.29 is 19.1 Å². The van der Waals surface area contributed by atoms with Crippen molar-refractivity contribution in [2.24, 2.45) is 23.7 Å². The minimum absolute atomic E-state index is 0.176. The van der Waals surface area contributed by atoms with Crippen LogP contribution in [0.3, 0.4) is 0 Å². The van der Waals surface area contributed by atoms with Gasteiger partial charge in [-0.25, -0.2) is 0 Å². The van der Waals surface area contributed by atoms with Gasteiger partial charge in [-0.15, -0.1) is 0 Å². The number of ether oxygens (including phenoxy) is 2. The molecule has 0 rings (SSSR count). The van der Waals surface area contributed by atoms with Gasteiger partial charge >= 0.3 is 11.9 Å². The average Bonchev–Trinajstić information content (AvgIpc) is 2.44. The van der Waals surface area contributed by atoms with Crippen molar-refractivity contribution in [2.75, 3.05) is 13.2 Å². The van der Waals surface area contributed by atoms with Crippen LogP contribution in [-0.2, 0) is 19.1 Å². The van der Waals surface area contributed by atoms with Gasteiger partial charge in [0.05, 0.1) is 25.2 Å². The molecule has 0 radical (unpaired) electrons. The van der Waals surface area contributed by atoms with Gasteiger partial charge in [-0.2, -0.15) is 5.26 Å². The smallest absolute Gasteiger partial charge is 0.321 e. The fraction of sp³-hybridized carbons (Fsp3) is 0.824. The molecule has 0 N–H and O–H groups in total. The van der Waals surface area contributed by atoms with E-state index in [-0.39, 0.29) is 19.1 Å². The molecule has 5 nitrogen and oxygen atoms in total. The minimum Gasteiger partial charge on any atom is -0.465 e. The van der Waals surface area contributed by atoms with E-state index < -0.39 is 23.8 Å². The number of rotatable bonds is 10. The van der Waals surface area contributed by atoms with E-state index in [2.05, 4.69) is 19.9 Å². The minimum atomic E-state index is -1.15. The summed E-state index contributed by atoms with van der Waals surface area (Å²) < 4.78 is 9.89. The molecule has 126 valence electrons. The van der Waals surface area contributed by atoms with Gasteiger partial charge in [0.2, 0.25) is 0 Å². The molecule has 2 atom stereocenters. The normalized spacial score (nSPS) is 13.5. The molecule has 0 aliphatic heterocycles. The lowest BCUT2D eigenvalue weighted by Gasteiger charge is -2.22. The van der Waals surface area contributed by atoms with Gasteiger partial charge in [0, 0.05) is 0 Å². The van der Waals surface area contributed by atoms with Gasteiger partial charge in [-0.1, -0.05) is 33.6 Å². The van der Waals surface area contributed by atoms with E-state index in [1.165, 1.54) is 0 Å². The van der Waals surface area contributed by atoms with Crippen molar-refractivity contribution in [2.45, 2.75) is 53.9 Å². The van der Waals surface area contributed by atoms with Gasteiger partial charge in [0.25, 0.3) is 0 Å². The molecule has 0 aliphatic rings. The number of esters is 2. The molecule has 0 aromatic carbocycles. The summed E-state index contributed by atoms with van der Waals surface area (Å²) in [6, 6.07) is 2.10. The molecule has 5 heteroatoms. The first kappa shape index (κ1) is 20.4. The number of nitriles is 1. The highest BCUT2D eigenvalue weighted by molar-refractivity contribution is 5.95. The van der Waals surface area contributed by atoms with Crippen LogP contribution in [0.15, 0.2) is 0 Å². The largest absolute Gasteiger partial charge is 0.465 e. The van der Waals surface area contributed by atoms with E-state index in [1.807, 2.05) is 6.92 Å². The van der Waals surface area contributed by atoms with Crippen molar-refractivity contribution in [3.05, 3.63) is 0 Å². The Kier molecular flexibility index (Phi) is 10.3. The molecule has 0 saturated heterocycles. The van der Waals surface area contributed by atoms with Gasteiger partial charge in [-0.3, -0.25) is 9.59 Å². The summed E-state index contributed by atoms with van der Waals surface area (Å²) in [4.78, 5) is 24.1. The van der Waals surface area contributed by atoms with Crippen LogP contribution in [0, 0.1) is 35.0 Å². The Bertz CT molecular complexity index is 369. The van der Waals surface area contributed by atoms with Crippen molar-refractivity contribution >= 4 is 11.9 Å². The van der Waals surface area contributed by atoms with E-state index in [4.69, 9.17) is 9.47 Å². The Labute approximate surface area is 134 Å². The number of hydrogen-bond donors (Lipinski definition) is 0. The fourth-order valence-corrected chi connectivity index (χ4v) is 2.32. The second-order valence-electron chi connectivity index (χ2n) is 6.03. The molecule has 0 bridgehead atoms. The summed E-state index contributed by atoms with van der Waals surface area (Å²) >= 11 is 0. The second kappa shape index (κ2) is 11.1. The van der Waals surface area contributed by atoms with Crippen molar-refractivity contribution in [3.63, 3.8) is 0 Å². The highest BCUT2D eigenvalue weighted by Crippen LogP contribution is 2.26. The molecule has 22 heavy (non-hydrogen) atoms. The monoisotopic (exact) mass is 311 g/mol. The van der Waals surface area contributed by atoms with Crippen LogP contribution in [0.2, 0.25) is 0 Å². The second-order valence-corrected chi connectivity index (χ2v) is 6.03. The number of carbonyl (C=O) groups excluding carboxylic acids is 2. The maximum absolute atomic E-state index is 12.0. The van der Waals surface area contributed by atoms with E-state index >= 15 is 0 Å². The van der Waals surface area contributed by atoms with E-state index in [0.717, 1.165) is 12.8 Å². The topological polar surface area (TPSA) is 76.4 Å². The molecule has 0 heterocycles. The highest BCUT2D eigenvalue weighted by atomic mass is 16.6. The Morgan fingerprint density at radius 3 is 1.86 bits per heavy atom. The summed E-state index contributed by atoms with van der Waals surface area (Å²) in [5.74, 6) is -2.33. The Hall–Kier alpha value is -1.57. The molecule has 0 saturated carbocycles. The zero-order valence-electron chi connectivity index (χ0n) is 14.4. The molecular weight excluding hydrogens is 282 g/mol. The maximum Gasteiger partial charge on any atom is 0.321 e. The lowest BCUT2D eigenvalue weighted by molar-refractivity contribution is -0.163. The van der Waals surface area contributed by atoms with Gasteiger partial charge < -0.3 is 9.47 Å². The predicted molar refractivity (Wildman–Crippen MR) is 83.7 cm³/mol. The lowest BCUT2D eigenvalue weighted by Crippen LogP contribution is -2.34. The van der Waals surface area contributed by atoms with Crippen LogP contribution in [0.4, 0.5) is 0 Å². The maximum atomic E-state index is 12.0. The fourth-order valence-electron chi connectivity index (χ4n) is 2.32. The van der Waals surface area contributed by atoms with Crippen LogP contribution < -0.4 is 0 Å². The van der Waals surface area contributed by atoms with Crippen molar-refractivity contribution in [3.8, 4) is 6.07 Å². The summed E-state index contributed by atoms with van der Waals surface area (Å²) in [6.07, 6.45) is 2.52. The summed E-state index contributed by atoms with van der Waals surface area (Å²) in [5.41, 5.74) is 0. The molecular formula is C17H29NO4. The zero-order chi connectivity index (χ0) is 17.1. The zero-order valence-corrected chi connectivity index (χ0v) is 14.4. The van der Waals surface area contributed by atoms with Gasteiger partial charge in [0.15, 0.2) is 5.92 Å². The first-order chi connectivity index (χ1) is 10.4. The van der Waals surface area contributed by atoms with E-state index in [9.17, 15) is 14.9 Å². The van der Waals surface area contributed by atoms with Gasteiger partial charge in [-0.05, 0) is 32.1 Å². The Balaban J connectivity index is 4.94. The van der Waals surface area contributed by atoms with Crippen LogP contribution in [0.25, 0.3) is 0 Å². The molecule has 0 aromatic rings. The Morgan fingerprint density at radius 2 is 1.50 bits per heavy atom. The lowest BCUT2D eigenvalue weighted by atomic mass is 9.83. The third-order valence-electron chi connectivity index (χ3n) is 3.54. The molecule has 0 aromatic heterocycles. The van der Waals surface area contributed by atoms with Crippen LogP contribution in [0.5, 0.6) is 0 Å². The van der Waals surface area contributed by atoms with Crippen molar-refractivity contribution in [1.82, 2.24) is 0 Å². The molecule has 0 amide bonds. The summed E-state index contributed by atoms with van der Waals surface area (Å²) in [7, 11) is 0. The van der Waals surface area contributed by atoms with E-state index in [0.29, 0.717) is 12.3 Å². The number of carbonyl (C=O) groups is 2. The summed E-state index contributed by atoms with van der Waals surface area (Å²) in [6.45, 7) is 10.0. The van der Waals surface area contributed by atoms with Crippen LogP contribution >= 0.6 is 0 Å². The van der Waals surface area contributed by atoms with Gasteiger partial charge in [0.1, 0.15) is 0 Å². The van der Waals surface area contributed by atoms with Crippen LogP contribution in [0.1, 0.15) is 53.9 Å². The quantitative estimate of drug-likeness (QED) is 0.457. The molecule has 2 unspecified atom stereocenters. The number of hydrogen-bond acceptors (Lipinski definition) is 5. The van der Waals surface area contributed by atoms with Crippen molar-refractivity contribution in [1.29, 1.82) is 5.26 Å². The average molecular weight is 311 g/mol. The standard InChI is InChI=1S/C17H29NO4/c1-6-21-16(19)15(17(20)22-7-2)14(11-18)10-13(5)9-8-12(3)4/h12-15H,6-10H2,1-5H3. The number of nitrogens with zero attached hydrogens (tertiary/aromatic N) is 1. The molecule has 0 fully saturated rings. The molecule has 0 aliphatic carbocycles. The third-order valence-corrected chi connectivity index (χ3v) is 3.54. The summed E-state index contributed by atoms with van der Waals surface area (Å²) in [5, 5.41) is 9.39. The SMILES string of the molecule is CCOC(=O)C(C(=O)OCC)C(C#N)CC(C)CCC(C)C. The first-order valence-electron chi connectivity index (χ1n) is 8.10. The third kappa shape index (κ3) is 7.44. The van der Waals surface area contributed by atoms with Crippen LogP contribution in [-0.4, -0.2) is 25.2 Å². The Morgan fingerprint density at radius 1 is 1.00 bits per heavy atom. The predicted octanol–water partition coefficient (Wildman–Crippen LogP) is 3.33. The highest BCUT2D eigenvalue weighted by Gasteiger charge is 2.38.